The quantitative estimate of drug-likeness (QED) is 0.163. The summed E-state index contributed by atoms with van der Waals surface area (Å²) < 4.78 is 18.0. The maximum Gasteiger partial charge on any atom is 0.303 e. The van der Waals surface area contributed by atoms with Crippen LogP contribution in [0.4, 0.5) is 0 Å². The number of rotatable bonds is 13. The Morgan fingerprint density at radius 3 is 2.20 bits per heavy atom. The summed E-state index contributed by atoms with van der Waals surface area (Å²) in [5, 5.41) is 9.16. The molecule has 208 valence electrons. The second-order valence-corrected chi connectivity index (χ2v) is 9.87. The number of carboxylic acids is 1. The molecule has 6 heteroatoms. The SMILES string of the molecule is Cc1oc(-c2ccc(-c3ccccc3)cc2)nc1CCOc1ccc(CCC(=O)O)c(COCc2ccccc2)c1. The first-order valence-electron chi connectivity index (χ1n) is 13.8. The van der Waals surface area contributed by atoms with Gasteiger partial charge >= 0.3 is 5.97 Å². The van der Waals surface area contributed by atoms with Crippen molar-refractivity contribution in [2.24, 2.45) is 0 Å². The fraction of sp³-hybridized carbons (Fsp3) is 0.200. The van der Waals surface area contributed by atoms with E-state index in [1.807, 2.05) is 85.8 Å². The second kappa shape index (κ2) is 13.6. The van der Waals surface area contributed by atoms with E-state index in [-0.39, 0.29) is 6.42 Å². The van der Waals surface area contributed by atoms with Crippen LogP contribution < -0.4 is 4.74 Å². The van der Waals surface area contributed by atoms with E-state index in [1.165, 1.54) is 5.56 Å². The summed E-state index contributed by atoms with van der Waals surface area (Å²) in [4.78, 5) is 15.9. The molecule has 6 nitrogen and oxygen atoms in total. The van der Waals surface area contributed by atoms with Gasteiger partial charge in [0.1, 0.15) is 11.5 Å². The Balaban J connectivity index is 1.20. The van der Waals surface area contributed by atoms with Crippen molar-refractivity contribution in [3.63, 3.8) is 0 Å². The second-order valence-electron chi connectivity index (χ2n) is 9.87. The summed E-state index contributed by atoms with van der Waals surface area (Å²) >= 11 is 0. The Morgan fingerprint density at radius 2 is 1.46 bits per heavy atom. The lowest BCUT2D eigenvalue weighted by Gasteiger charge is -2.13. The summed E-state index contributed by atoms with van der Waals surface area (Å²) in [5.41, 5.74) is 7.06. The van der Waals surface area contributed by atoms with Crippen LogP contribution in [-0.4, -0.2) is 22.7 Å². The number of nitrogens with zero attached hydrogens (tertiary/aromatic N) is 1. The van der Waals surface area contributed by atoms with Crippen LogP contribution >= 0.6 is 0 Å². The lowest BCUT2D eigenvalue weighted by molar-refractivity contribution is -0.136. The zero-order valence-corrected chi connectivity index (χ0v) is 23.1. The van der Waals surface area contributed by atoms with Gasteiger partial charge in [-0.1, -0.05) is 78.9 Å². The predicted octanol–water partition coefficient (Wildman–Crippen LogP) is 7.67. The molecule has 5 rings (SSSR count). The van der Waals surface area contributed by atoms with Gasteiger partial charge < -0.3 is 19.0 Å². The van der Waals surface area contributed by atoms with E-state index in [4.69, 9.17) is 24.0 Å². The molecule has 0 radical (unpaired) electrons. The normalized spacial score (nSPS) is 11.0. The molecule has 0 saturated carbocycles. The van der Waals surface area contributed by atoms with Crippen LogP contribution in [0.15, 0.2) is 108 Å². The molecule has 0 saturated heterocycles. The highest BCUT2D eigenvalue weighted by atomic mass is 16.5. The lowest BCUT2D eigenvalue weighted by Crippen LogP contribution is -2.06. The highest BCUT2D eigenvalue weighted by molar-refractivity contribution is 5.68. The van der Waals surface area contributed by atoms with Crippen molar-refractivity contribution in [3.8, 4) is 28.3 Å². The van der Waals surface area contributed by atoms with Gasteiger partial charge in [0.2, 0.25) is 5.89 Å². The van der Waals surface area contributed by atoms with Crippen molar-refractivity contribution in [1.82, 2.24) is 4.98 Å². The highest BCUT2D eigenvalue weighted by Crippen LogP contribution is 2.26. The predicted molar refractivity (Wildman–Crippen MR) is 159 cm³/mol. The Kier molecular flexibility index (Phi) is 9.24. The monoisotopic (exact) mass is 547 g/mol. The van der Waals surface area contributed by atoms with Crippen molar-refractivity contribution >= 4 is 5.97 Å². The van der Waals surface area contributed by atoms with Crippen molar-refractivity contribution in [1.29, 1.82) is 0 Å². The van der Waals surface area contributed by atoms with Crippen LogP contribution in [0, 0.1) is 6.92 Å². The number of carbonyl (C=O) groups is 1. The zero-order chi connectivity index (χ0) is 28.4. The van der Waals surface area contributed by atoms with Crippen LogP contribution in [0.25, 0.3) is 22.6 Å². The molecule has 41 heavy (non-hydrogen) atoms. The van der Waals surface area contributed by atoms with Crippen molar-refractivity contribution in [2.45, 2.75) is 39.4 Å². The number of carboxylic acid groups (broad SMARTS) is 1. The Hall–Kier alpha value is -4.68. The van der Waals surface area contributed by atoms with E-state index in [0.29, 0.717) is 44.3 Å². The Labute approximate surface area is 240 Å². The van der Waals surface area contributed by atoms with Crippen molar-refractivity contribution < 1.29 is 23.8 Å². The number of hydrogen-bond donors (Lipinski definition) is 1. The summed E-state index contributed by atoms with van der Waals surface area (Å²) in [6, 6.07) is 34.2. The number of aromatic nitrogens is 1. The van der Waals surface area contributed by atoms with Crippen LogP contribution in [0.3, 0.4) is 0 Å². The first-order valence-corrected chi connectivity index (χ1v) is 13.8. The van der Waals surface area contributed by atoms with E-state index in [2.05, 4.69) is 24.3 Å². The third-order valence-corrected chi connectivity index (χ3v) is 6.89. The molecule has 0 aliphatic rings. The average Bonchev–Trinajstić information content (AvgIpc) is 3.37. The summed E-state index contributed by atoms with van der Waals surface area (Å²) in [7, 11) is 0. The summed E-state index contributed by atoms with van der Waals surface area (Å²) in [6.07, 6.45) is 1.10. The minimum Gasteiger partial charge on any atom is -0.493 e. The average molecular weight is 548 g/mol. The zero-order valence-electron chi connectivity index (χ0n) is 23.1. The molecule has 5 aromatic rings. The molecule has 0 aliphatic heterocycles. The van der Waals surface area contributed by atoms with E-state index < -0.39 is 5.97 Å². The number of aryl methyl sites for hydroxylation is 2. The first kappa shape index (κ1) is 27.9. The van der Waals surface area contributed by atoms with Crippen molar-refractivity contribution in [2.75, 3.05) is 6.61 Å². The fourth-order valence-corrected chi connectivity index (χ4v) is 4.65. The number of aliphatic carboxylic acids is 1. The van der Waals surface area contributed by atoms with Gasteiger partial charge in [-0.15, -0.1) is 0 Å². The smallest absolute Gasteiger partial charge is 0.303 e. The molecule has 1 aromatic heterocycles. The summed E-state index contributed by atoms with van der Waals surface area (Å²) in [6.45, 7) is 3.20. The number of ether oxygens (including phenoxy) is 2. The van der Waals surface area contributed by atoms with E-state index in [1.54, 1.807) is 0 Å². The Bertz CT molecular complexity index is 1560. The van der Waals surface area contributed by atoms with Gasteiger partial charge in [-0.05, 0) is 65.4 Å². The molecule has 0 fully saturated rings. The van der Waals surface area contributed by atoms with Crippen molar-refractivity contribution in [3.05, 3.63) is 131 Å². The van der Waals surface area contributed by atoms with E-state index in [0.717, 1.165) is 39.3 Å². The third kappa shape index (κ3) is 7.71. The fourth-order valence-electron chi connectivity index (χ4n) is 4.65. The summed E-state index contributed by atoms with van der Waals surface area (Å²) in [5.74, 6) is 1.25. The van der Waals surface area contributed by atoms with Gasteiger partial charge in [-0.2, -0.15) is 0 Å². The van der Waals surface area contributed by atoms with Gasteiger partial charge in [0, 0.05) is 18.4 Å². The molecule has 0 amide bonds. The Morgan fingerprint density at radius 1 is 0.780 bits per heavy atom. The topological polar surface area (TPSA) is 81.8 Å². The van der Waals surface area contributed by atoms with Crippen LogP contribution in [0.5, 0.6) is 5.75 Å². The van der Waals surface area contributed by atoms with Crippen LogP contribution in [-0.2, 0) is 35.6 Å². The van der Waals surface area contributed by atoms with Crippen LogP contribution in [0.1, 0.15) is 34.6 Å². The van der Waals surface area contributed by atoms with Gasteiger partial charge in [0.15, 0.2) is 0 Å². The standard InChI is InChI=1S/C35H33NO5/c1-25-33(36-35(41-25)30-14-12-28(13-15-30)27-10-6-3-7-11-27)20-21-40-32-18-16-29(17-19-34(37)38)31(22-32)24-39-23-26-8-4-2-5-9-26/h2-16,18,22H,17,19-21,23-24H2,1H3,(H,37,38). The first-order chi connectivity index (χ1) is 20.0. The lowest BCUT2D eigenvalue weighted by atomic mass is 10.0. The highest BCUT2D eigenvalue weighted by Gasteiger charge is 2.13. The van der Waals surface area contributed by atoms with E-state index >= 15 is 0 Å². The third-order valence-electron chi connectivity index (χ3n) is 6.89. The molecule has 1 N–H and O–H groups in total. The number of oxazole rings is 1. The largest absolute Gasteiger partial charge is 0.493 e. The van der Waals surface area contributed by atoms with Gasteiger partial charge in [-0.3, -0.25) is 4.79 Å². The molecule has 1 heterocycles. The molecular formula is C35H33NO5. The molecular weight excluding hydrogens is 514 g/mol. The van der Waals surface area contributed by atoms with Gasteiger partial charge in [0.25, 0.3) is 0 Å². The number of hydrogen-bond acceptors (Lipinski definition) is 5. The van der Waals surface area contributed by atoms with Crippen LogP contribution in [0.2, 0.25) is 0 Å². The molecule has 0 atom stereocenters. The van der Waals surface area contributed by atoms with E-state index in [9.17, 15) is 4.79 Å². The minimum atomic E-state index is -0.823. The molecule has 0 aliphatic carbocycles. The number of benzene rings is 4. The molecule has 0 spiro atoms. The maximum absolute atomic E-state index is 11.2. The molecule has 4 aromatic carbocycles. The molecule has 0 bridgehead atoms. The minimum absolute atomic E-state index is 0.0641. The van der Waals surface area contributed by atoms with Gasteiger partial charge in [-0.25, -0.2) is 4.98 Å². The molecule has 0 unspecified atom stereocenters. The van der Waals surface area contributed by atoms with Gasteiger partial charge in [0.05, 0.1) is 25.5 Å². The maximum atomic E-state index is 11.2.